The molecule has 0 saturated carbocycles. The number of benzene rings is 3. The second-order valence-electron chi connectivity index (χ2n) is 7.69. The van der Waals surface area contributed by atoms with E-state index in [1.54, 1.807) is 30.3 Å². The summed E-state index contributed by atoms with van der Waals surface area (Å²) < 4.78 is 0. The van der Waals surface area contributed by atoms with Gasteiger partial charge in [-0.2, -0.15) is 0 Å². The predicted molar refractivity (Wildman–Crippen MR) is 126 cm³/mol. The van der Waals surface area contributed by atoms with E-state index >= 15 is 0 Å². The number of amides is 3. The number of rotatable bonds is 10. The van der Waals surface area contributed by atoms with Gasteiger partial charge < -0.3 is 26.8 Å². The van der Waals surface area contributed by atoms with Crippen molar-refractivity contribution in [1.29, 1.82) is 0 Å². The van der Waals surface area contributed by atoms with Crippen LogP contribution < -0.4 is 21.7 Å². The third-order valence-corrected chi connectivity index (χ3v) is 5.13. The van der Waals surface area contributed by atoms with Crippen LogP contribution in [0.15, 0.2) is 72.8 Å². The summed E-state index contributed by atoms with van der Waals surface area (Å²) in [5.41, 5.74) is 6.70. The molecule has 0 saturated heterocycles. The monoisotopic (exact) mass is 448 g/mol. The first-order valence-corrected chi connectivity index (χ1v) is 10.7. The van der Waals surface area contributed by atoms with E-state index in [0.29, 0.717) is 5.56 Å². The molecular formula is C25H28N4O4. The summed E-state index contributed by atoms with van der Waals surface area (Å²) in [4.78, 5) is 37.5. The van der Waals surface area contributed by atoms with E-state index in [-0.39, 0.29) is 32.0 Å². The van der Waals surface area contributed by atoms with Gasteiger partial charge in [-0.05, 0) is 28.5 Å². The highest BCUT2D eigenvalue weighted by atomic mass is 16.3. The maximum atomic E-state index is 12.8. The van der Waals surface area contributed by atoms with Crippen LogP contribution in [0.25, 0.3) is 10.8 Å². The van der Waals surface area contributed by atoms with Gasteiger partial charge in [0.2, 0.25) is 11.8 Å². The maximum absolute atomic E-state index is 12.8. The lowest BCUT2D eigenvalue weighted by Crippen LogP contribution is -2.52. The lowest BCUT2D eigenvalue weighted by molar-refractivity contribution is -0.128. The molecule has 1 unspecified atom stereocenters. The van der Waals surface area contributed by atoms with E-state index in [1.807, 2.05) is 42.5 Å². The van der Waals surface area contributed by atoms with Gasteiger partial charge in [-0.1, -0.05) is 60.7 Å². The minimum absolute atomic E-state index is 0.00744. The Morgan fingerprint density at radius 1 is 0.879 bits per heavy atom. The van der Waals surface area contributed by atoms with Crippen LogP contribution in [0.3, 0.4) is 0 Å². The first-order valence-electron chi connectivity index (χ1n) is 10.7. The summed E-state index contributed by atoms with van der Waals surface area (Å²) in [6.07, 6.45) is -0.635. The van der Waals surface area contributed by atoms with Crippen molar-refractivity contribution in [2.75, 3.05) is 19.6 Å². The third kappa shape index (κ3) is 7.13. The second kappa shape index (κ2) is 11.8. The molecule has 0 aliphatic heterocycles. The Morgan fingerprint density at radius 2 is 1.58 bits per heavy atom. The number of carbonyl (C=O) groups is 3. The lowest BCUT2D eigenvalue weighted by atomic mass is 10.0. The Kier molecular flexibility index (Phi) is 8.51. The Balaban J connectivity index is 1.66. The summed E-state index contributed by atoms with van der Waals surface area (Å²) >= 11 is 0. The zero-order valence-corrected chi connectivity index (χ0v) is 18.2. The van der Waals surface area contributed by atoms with E-state index in [2.05, 4.69) is 16.0 Å². The minimum atomic E-state index is -0.891. The van der Waals surface area contributed by atoms with Gasteiger partial charge in [-0.3, -0.25) is 14.4 Å². The molecule has 0 spiro atoms. The molecule has 0 aliphatic rings. The van der Waals surface area contributed by atoms with Crippen molar-refractivity contribution in [2.45, 2.75) is 18.6 Å². The average Bonchev–Trinajstić information content (AvgIpc) is 2.85. The maximum Gasteiger partial charge on any atom is 0.251 e. The van der Waals surface area contributed by atoms with Gasteiger partial charge in [-0.15, -0.1) is 0 Å². The van der Waals surface area contributed by atoms with Crippen molar-refractivity contribution >= 4 is 28.5 Å². The van der Waals surface area contributed by atoms with Crippen molar-refractivity contribution in [2.24, 2.45) is 5.73 Å². The number of nitrogens with two attached hydrogens (primary N) is 1. The van der Waals surface area contributed by atoms with Gasteiger partial charge >= 0.3 is 0 Å². The lowest BCUT2D eigenvalue weighted by Gasteiger charge is -2.20. The van der Waals surface area contributed by atoms with E-state index in [1.165, 1.54) is 0 Å². The van der Waals surface area contributed by atoms with Crippen LogP contribution in [-0.2, 0) is 16.0 Å². The molecule has 0 radical (unpaired) electrons. The van der Waals surface area contributed by atoms with E-state index in [0.717, 1.165) is 16.3 Å². The fourth-order valence-corrected chi connectivity index (χ4v) is 3.33. The van der Waals surface area contributed by atoms with Gasteiger partial charge in [0.15, 0.2) is 0 Å². The van der Waals surface area contributed by atoms with E-state index in [4.69, 9.17) is 5.73 Å². The molecule has 172 valence electrons. The van der Waals surface area contributed by atoms with Crippen molar-refractivity contribution < 1.29 is 19.5 Å². The molecule has 0 heterocycles. The molecule has 8 nitrogen and oxygen atoms in total. The zero-order valence-electron chi connectivity index (χ0n) is 18.2. The van der Waals surface area contributed by atoms with Gasteiger partial charge in [0.1, 0.15) is 6.04 Å². The smallest absolute Gasteiger partial charge is 0.251 e. The Morgan fingerprint density at radius 3 is 2.30 bits per heavy atom. The SMILES string of the molecule is NCC(O)CNC(=O)[C@@H](Cc1ccc2ccccc2c1)NC(=O)CNC(=O)c1ccccc1. The molecule has 3 aromatic carbocycles. The summed E-state index contributed by atoms with van der Waals surface area (Å²) in [7, 11) is 0. The summed E-state index contributed by atoms with van der Waals surface area (Å²) in [5, 5.41) is 19.6. The van der Waals surface area contributed by atoms with Crippen molar-refractivity contribution in [3.8, 4) is 0 Å². The van der Waals surface area contributed by atoms with Gasteiger partial charge in [-0.25, -0.2) is 0 Å². The molecule has 0 aromatic heterocycles. The van der Waals surface area contributed by atoms with Gasteiger partial charge in [0.05, 0.1) is 12.6 Å². The van der Waals surface area contributed by atoms with Crippen LogP contribution >= 0.6 is 0 Å². The Labute approximate surface area is 192 Å². The van der Waals surface area contributed by atoms with Crippen LogP contribution in [0.1, 0.15) is 15.9 Å². The molecule has 0 fully saturated rings. The van der Waals surface area contributed by atoms with E-state index < -0.39 is 24.0 Å². The summed E-state index contributed by atoms with van der Waals surface area (Å²) in [5.74, 6) is -1.33. The number of aliphatic hydroxyl groups excluding tert-OH is 1. The summed E-state index contributed by atoms with van der Waals surface area (Å²) in [6.45, 7) is -0.293. The van der Waals surface area contributed by atoms with Crippen LogP contribution in [0.2, 0.25) is 0 Å². The molecule has 6 N–H and O–H groups in total. The average molecular weight is 449 g/mol. The van der Waals surface area contributed by atoms with Gasteiger partial charge in [0, 0.05) is 25.1 Å². The summed E-state index contributed by atoms with van der Waals surface area (Å²) in [6, 6.07) is 21.3. The number of carbonyl (C=O) groups excluding carboxylic acids is 3. The highest BCUT2D eigenvalue weighted by Crippen LogP contribution is 2.16. The van der Waals surface area contributed by atoms with E-state index in [9.17, 15) is 19.5 Å². The second-order valence-corrected chi connectivity index (χ2v) is 7.69. The minimum Gasteiger partial charge on any atom is -0.390 e. The van der Waals surface area contributed by atoms with Crippen LogP contribution in [0.4, 0.5) is 0 Å². The predicted octanol–water partition coefficient (Wildman–Crippen LogP) is 0.733. The molecule has 3 rings (SSSR count). The first-order chi connectivity index (χ1) is 16.0. The number of fused-ring (bicyclic) bond motifs is 1. The molecule has 3 amide bonds. The zero-order chi connectivity index (χ0) is 23.6. The fraction of sp³-hybridized carbons (Fsp3) is 0.240. The molecule has 0 aliphatic carbocycles. The van der Waals surface area contributed by atoms with Crippen molar-refractivity contribution in [3.63, 3.8) is 0 Å². The molecular weight excluding hydrogens is 420 g/mol. The molecule has 3 aromatic rings. The quantitative estimate of drug-likeness (QED) is 0.312. The number of hydrogen-bond acceptors (Lipinski definition) is 5. The normalized spacial score (nSPS) is 12.5. The van der Waals surface area contributed by atoms with Crippen molar-refractivity contribution in [3.05, 3.63) is 83.9 Å². The highest BCUT2D eigenvalue weighted by Gasteiger charge is 2.22. The fourth-order valence-electron chi connectivity index (χ4n) is 3.33. The third-order valence-electron chi connectivity index (χ3n) is 5.13. The van der Waals surface area contributed by atoms with Crippen LogP contribution in [0.5, 0.6) is 0 Å². The standard InChI is InChI=1S/C25H28N4O4/c26-14-21(30)15-27-25(33)22(13-17-10-11-18-6-4-5-9-20(18)12-17)29-23(31)16-28-24(32)19-7-2-1-3-8-19/h1-12,21-22,30H,13-16,26H2,(H,27,33)(H,28,32)(H,29,31)/t21?,22-/m1/s1. The first kappa shape index (κ1) is 23.9. The largest absolute Gasteiger partial charge is 0.390 e. The molecule has 33 heavy (non-hydrogen) atoms. The number of nitrogens with one attached hydrogen (secondary N) is 3. The number of hydrogen-bond donors (Lipinski definition) is 5. The van der Waals surface area contributed by atoms with Crippen LogP contribution in [-0.4, -0.2) is 54.6 Å². The van der Waals surface area contributed by atoms with Gasteiger partial charge in [0.25, 0.3) is 5.91 Å². The topological polar surface area (TPSA) is 134 Å². The number of aliphatic hydroxyl groups is 1. The highest BCUT2D eigenvalue weighted by molar-refractivity contribution is 5.97. The van der Waals surface area contributed by atoms with Crippen molar-refractivity contribution in [1.82, 2.24) is 16.0 Å². The van der Waals surface area contributed by atoms with Crippen LogP contribution in [0, 0.1) is 0 Å². The molecule has 8 heteroatoms. The Bertz CT molecular complexity index is 1100. The molecule has 2 atom stereocenters. The Hall–Kier alpha value is -3.75. The molecule has 0 bridgehead atoms.